The minimum atomic E-state index is -1.02. The average Bonchev–Trinajstić information content (AvgIpc) is 2.51. The summed E-state index contributed by atoms with van der Waals surface area (Å²) in [5.74, 6) is 0.604. The van der Waals surface area contributed by atoms with Gasteiger partial charge in [0.1, 0.15) is 11.6 Å². The van der Waals surface area contributed by atoms with Gasteiger partial charge in [-0.05, 0) is 36.6 Å². The number of nitriles is 1. The highest BCUT2D eigenvalue weighted by Crippen LogP contribution is 2.29. The SMILES string of the molecule is CCOc1cc(C=C(C#N)C(=O)NC(N)=O)ccc1OCC(C)C. The lowest BCUT2D eigenvalue weighted by Crippen LogP contribution is -2.35. The van der Waals surface area contributed by atoms with E-state index in [0.717, 1.165) is 0 Å². The van der Waals surface area contributed by atoms with Gasteiger partial charge in [-0.3, -0.25) is 10.1 Å². The second-order valence-electron chi connectivity index (χ2n) is 5.33. The number of rotatable bonds is 7. The Bertz CT molecular complexity index is 675. The zero-order valence-electron chi connectivity index (χ0n) is 14.0. The summed E-state index contributed by atoms with van der Waals surface area (Å²) in [4.78, 5) is 22.4. The van der Waals surface area contributed by atoms with Crippen molar-refractivity contribution in [1.29, 1.82) is 5.26 Å². The van der Waals surface area contributed by atoms with Gasteiger partial charge < -0.3 is 15.2 Å². The third-order valence-corrected chi connectivity index (χ3v) is 2.75. The number of nitrogens with one attached hydrogen (secondary N) is 1. The molecule has 0 aliphatic carbocycles. The molecule has 0 atom stereocenters. The highest BCUT2D eigenvalue weighted by Gasteiger charge is 2.12. The van der Waals surface area contributed by atoms with Crippen LogP contribution in [-0.4, -0.2) is 25.2 Å². The Morgan fingerprint density at radius 3 is 2.58 bits per heavy atom. The maximum atomic E-state index is 11.7. The Balaban J connectivity index is 3.09. The van der Waals surface area contributed by atoms with Crippen LogP contribution in [0.25, 0.3) is 6.08 Å². The minimum absolute atomic E-state index is 0.243. The number of hydrogen-bond acceptors (Lipinski definition) is 5. The van der Waals surface area contributed by atoms with Gasteiger partial charge in [0.25, 0.3) is 5.91 Å². The zero-order valence-corrected chi connectivity index (χ0v) is 14.0. The molecule has 0 aliphatic rings. The Labute approximate surface area is 141 Å². The van der Waals surface area contributed by atoms with Crippen molar-refractivity contribution in [3.8, 4) is 17.6 Å². The molecule has 1 aromatic rings. The molecule has 24 heavy (non-hydrogen) atoms. The molecule has 7 nitrogen and oxygen atoms in total. The first-order chi connectivity index (χ1) is 11.4. The topological polar surface area (TPSA) is 114 Å². The van der Waals surface area contributed by atoms with Gasteiger partial charge in [-0.15, -0.1) is 0 Å². The maximum Gasteiger partial charge on any atom is 0.319 e. The molecule has 7 heteroatoms. The molecule has 3 amide bonds. The second-order valence-corrected chi connectivity index (χ2v) is 5.33. The molecule has 0 unspecified atom stereocenters. The third-order valence-electron chi connectivity index (χ3n) is 2.75. The largest absolute Gasteiger partial charge is 0.490 e. The number of primary amides is 1. The molecule has 0 heterocycles. The number of nitrogens with two attached hydrogens (primary N) is 1. The van der Waals surface area contributed by atoms with Crippen molar-refractivity contribution in [3.63, 3.8) is 0 Å². The lowest BCUT2D eigenvalue weighted by Gasteiger charge is -2.14. The summed E-state index contributed by atoms with van der Waals surface area (Å²) in [5.41, 5.74) is 5.19. The summed E-state index contributed by atoms with van der Waals surface area (Å²) >= 11 is 0. The van der Waals surface area contributed by atoms with Gasteiger partial charge in [-0.1, -0.05) is 19.9 Å². The van der Waals surface area contributed by atoms with Gasteiger partial charge in [-0.25, -0.2) is 4.79 Å². The Hall–Kier alpha value is -3.01. The predicted octanol–water partition coefficient (Wildman–Crippen LogP) is 2.22. The van der Waals surface area contributed by atoms with E-state index in [2.05, 4.69) is 0 Å². The molecule has 0 radical (unpaired) electrons. The molecule has 0 bridgehead atoms. The van der Waals surface area contributed by atoms with E-state index in [1.54, 1.807) is 24.3 Å². The zero-order chi connectivity index (χ0) is 18.1. The van der Waals surface area contributed by atoms with Crippen molar-refractivity contribution < 1.29 is 19.1 Å². The number of carbonyl (C=O) groups is 2. The molecular formula is C17H21N3O4. The average molecular weight is 331 g/mol. The van der Waals surface area contributed by atoms with Gasteiger partial charge in [0.15, 0.2) is 11.5 Å². The number of urea groups is 1. The summed E-state index contributed by atoms with van der Waals surface area (Å²) in [6.45, 7) is 6.90. The third kappa shape index (κ3) is 6.01. The quantitative estimate of drug-likeness (QED) is 0.587. The van der Waals surface area contributed by atoms with Crippen LogP contribution in [0.1, 0.15) is 26.3 Å². The standard InChI is InChI=1S/C17H21N3O4/c1-4-23-15-8-12(5-6-14(15)24-10-11(2)3)7-13(9-18)16(21)20-17(19)22/h5-8,11H,4,10H2,1-3H3,(H3,19,20,21,22). The number of benzene rings is 1. The Kier molecular flexibility index (Phi) is 7.30. The highest BCUT2D eigenvalue weighted by atomic mass is 16.5. The molecule has 3 N–H and O–H groups in total. The van der Waals surface area contributed by atoms with E-state index in [9.17, 15) is 9.59 Å². The monoisotopic (exact) mass is 331 g/mol. The van der Waals surface area contributed by atoms with E-state index in [1.165, 1.54) is 6.08 Å². The molecule has 0 aromatic heterocycles. The van der Waals surface area contributed by atoms with E-state index < -0.39 is 11.9 Å². The number of hydrogen-bond donors (Lipinski definition) is 2. The van der Waals surface area contributed by atoms with Crippen LogP contribution in [0.2, 0.25) is 0 Å². The van der Waals surface area contributed by atoms with E-state index in [0.29, 0.717) is 36.2 Å². The lowest BCUT2D eigenvalue weighted by molar-refractivity contribution is -0.115. The van der Waals surface area contributed by atoms with Gasteiger partial charge >= 0.3 is 6.03 Å². The van der Waals surface area contributed by atoms with Crippen molar-refractivity contribution in [2.24, 2.45) is 11.7 Å². The van der Waals surface area contributed by atoms with Gasteiger partial charge in [-0.2, -0.15) is 5.26 Å². The fourth-order valence-electron chi connectivity index (χ4n) is 1.75. The van der Waals surface area contributed by atoms with E-state index in [-0.39, 0.29) is 5.57 Å². The van der Waals surface area contributed by atoms with Gasteiger partial charge in [0, 0.05) is 0 Å². The molecule has 0 aliphatic heterocycles. The maximum absolute atomic E-state index is 11.7. The minimum Gasteiger partial charge on any atom is -0.490 e. The molecule has 0 saturated carbocycles. The highest BCUT2D eigenvalue weighted by molar-refractivity contribution is 6.08. The van der Waals surface area contributed by atoms with Gasteiger partial charge in [0.05, 0.1) is 13.2 Å². The fourth-order valence-corrected chi connectivity index (χ4v) is 1.75. The molecule has 0 saturated heterocycles. The van der Waals surface area contributed by atoms with Gasteiger partial charge in [0.2, 0.25) is 0 Å². The molecule has 1 aromatic carbocycles. The lowest BCUT2D eigenvalue weighted by atomic mass is 10.1. The van der Waals surface area contributed by atoms with Crippen molar-refractivity contribution in [1.82, 2.24) is 5.32 Å². The summed E-state index contributed by atoms with van der Waals surface area (Å²) in [6, 6.07) is 5.77. The first-order valence-electron chi connectivity index (χ1n) is 7.49. The summed E-state index contributed by atoms with van der Waals surface area (Å²) < 4.78 is 11.2. The number of ether oxygens (including phenoxy) is 2. The van der Waals surface area contributed by atoms with E-state index in [1.807, 2.05) is 26.1 Å². The first kappa shape index (κ1) is 19.0. The Morgan fingerprint density at radius 1 is 1.33 bits per heavy atom. The van der Waals surface area contributed by atoms with E-state index >= 15 is 0 Å². The van der Waals surface area contributed by atoms with Crippen molar-refractivity contribution >= 4 is 18.0 Å². The van der Waals surface area contributed by atoms with Crippen LogP contribution in [0.4, 0.5) is 4.79 Å². The number of amides is 3. The molecule has 1 rings (SSSR count). The van der Waals surface area contributed by atoms with Crippen LogP contribution in [-0.2, 0) is 4.79 Å². The fraction of sp³-hybridized carbons (Fsp3) is 0.353. The smallest absolute Gasteiger partial charge is 0.319 e. The molecular weight excluding hydrogens is 310 g/mol. The summed E-state index contributed by atoms with van der Waals surface area (Å²) in [5, 5.41) is 10.9. The van der Waals surface area contributed by atoms with Crippen LogP contribution in [0, 0.1) is 17.2 Å². The normalized spacial score (nSPS) is 10.9. The van der Waals surface area contributed by atoms with Crippen LogP contribution in [0.15, 0.2) is 23.8 Å². The molecule has 0 fully saturated rings. The molecule has 128 valence electrons. The van der Waals surface area contributed by atoms with Crippen LogP contribution in [0.5, 0.6) is 11.5 Å². The molecule has 0 spiro atoms. The second kappa shape index (κ2) is 9.20. The van der Waals surface area contributed by atoms with Crippen LogP contribution in [0.3, 0.4) is 0 Å². The van der Waals surface area contributed by atoms with Crippen LogP contribution < -0.4 is 20.5 Å². The first-order valence-corrected chi connectivity index (χ1v) is 7.49. The van der Waals surface area contributed by atoms with Crippen molar-refractivity contribution in [2.75, 3.05) is 13.2 Å². The predicted molar refractivity (Wildman–Crippen MR) is 89.3 cm³/mol. The van der Waals surface area contributed by atoms with Crippen LogP contribution >= 0.6 is 0 Å². The number of carbonyl (C=O) groups excluding carboxylic acids is 2. The van der Waals surface area contributed by atoms with Crippen molar-refractivity contribution in [3.05, 3.63) is 29.3 Å². The van der Waals surface area contributed by atoms with Crippen molar-refractivity contribution in [2.45, 2.75) is 20.8 Å². The Morgan fingerprint density at radius 2 is 2.04 bits per heavy atom. The number of imide groups is 1. The number of nitrogens with zero attached hydrogens (tertiary/aromatic N) is 1. The summed E-state index contributed by atoms with van der Waals surface area (Å²) in [7, 11) is 0. The summed E-state index contributed by atoms with van der Waals surface area (Å²) in [6.07, 6.45) is 1.34. The van der Waals surface area contributed by atoms with E-state index in [4.69, 9.17) is 20.5 Å².